The van der Waals surface area contributed by atoms with Gasteiger partial charge in [0.1, 0.15) is 5.60 Å². The Morgan fingerprint density at radius 2 is 1.92 bits per heavy atom. The molecule has 1 rings (SSSR count). The third kappa shape index (κ3) is 8.09. The number of hydrogen-bond acceptors (Lipinski definition) is 5. The van der Waals surface area contributed by atoms with E-state index in [4.69, 9.17) is 9.47 Å². The first kappa shape index (κ1) is 21.8. The molecule has 1 fully saturated rings. The molecule has 8 heteroatoms. The summed E-state index contributed by atoms with van der Waals surface area (Å²) in [6.45, 7) is 14.6. The average Bonchev–Trinajstić information content (AvgIpc) is 2.37. The molecule has 0 aromatic rings. The number of nitrogens with zero attached hydrogens (tertiary/aromatic N) is 1. The summed E-state index contributed by atoms with van der Waals surface area (Å²) in [6, 6.07) is 0.430. The van der Waals surface area contributed by atoms with Crippen LogP contribution in [0.4, 0.5) is 9.59 Å². The maximum Gasteiger partial charge on any atom is 0.409 e. The van der Waals surface area contributed by atoms with E-state index in [1.807, 2.05) is 0 Å². The molecule has 146 valence electrons. The van der Waals surface area contributed by atoms with Gasteiger partial charge in [-0.15, -0.1) is 0 Å². The lowest BCUT2D eigenvalue weighted by atomic mass is 9.89. The van der Waals surface area contributed by atoms with E-state index in [0.717, 1.165) is 6.04 Å². The molecule has 1 heterocycles. The number of carbonyl (C=O) groups excluding carboxylic acids is 2. The highest BCUT2D eigenvalue weighted by Gasteiger charge is 2.41. The van der Waals surface area contributed by atoms with Crippen LogP contribution in [-0.4, -0.2) is 67.2 Å². The van der Waals surface area contributed by atoms with E-state index < -0.39 is 37.5 Å². The number of likely N-dealkylation sites (tertiary alicyclic amines) is 1. The molecule has 0 unspecified atom stereocenters. The Morgan fingerprint density at radius 1 is 1.32 bits per heavy atom. The average molecular weight is 375 g/mol. The summed E-state index contributed by atoms with van der Waals surface area (Å²) in [5.74, 6) is 0. The zero-order valence-corrected chi connectivity index (χ0v) is 17.6. The molecule has 0 aliphatic carbocycles. The van der Waals surface area contributed by atoms with E-state index in [-0.39, 0.29) is 6.54 Å². The van der Waals surface area contributed by atoms with Crippen molar-refractivity contribution in [2.24, 2.45) is 0 Å². The molecule has 0 radical (unpaired) electrons. The minimum Gasteiger partial charge on any atom is -0.450 e. The van der Waals surface area contributed by atoms with Gasteiger partial charge in [0.25, 0.3) is 0 Å². The number of piperidine rings is 1. The number of carbonyl (C=O) groups is 2. The van der Waals surface area contributed by atoms with Crippen LogP contribution in [0.5, 0.6) is 0 Å². The lowest BCUT2D eigenvalue weighted by Gasteiger charge is -2.42. The predicted molar refractivity (Wildman–Crippen MR) is 99.5 cm³/mol. The van der Waals surface area contributed by atoms with E-state index >= 15 is 0 Å². The van der Waals surface area contributed by atoms with Crippen molar-refractivity contribution >= 4 is 20.3 Å². The zero-order valence-electron chi connectivity index (χ0n) is 16.6. The van der Waals surface area contributed by atoms with Crippen LogP contribution in [0.1, 0.15) is 34.1 Å². The third-order valence-electron chi connectivity index (χ3n) is 3.98. The highest BCUT2D eigenvalue weighted by Crippen LogP contribution is 2.23. The SMILES string of the molecule is CC(C)(C)OC(=O)N[C@H]1CCN(C(=O)OCC[Si](C)(C)C)C[C@]1(C)O. The van der Waals surface area contributed by atoms with Crippen molar-refractivity contribution in [3.63, 3.8) is 0 Å². The predicted octanol–water partition coefficient (Wildman–Crippen LogP) is 2.81. The van der Waals surface area contributed by atoms with E-state index in [2.05, 4.69) is 25.0 Å². The largest absolute Gasteiger partial charge is 0.450 e. The number of amides is 2. The number of ether oxygens (including phenoxy) is 2. The molecule has 2 N–H and O–H groups in total. The second-order valence-electron chi connectivity index (χ2n) is 9.19. The number of nitrogens with one attached hydrogen (secondary N) is 1. The van der Waals surface area contributed by atoms with E-state index in [1.165, 1.54) is 4.90 Å². The topological polar surface area (TPSA) is 88.1 Å². The molecule has 1 aliphatic heterocycles. The fraction of sp³-hybridized carbons (Fsp3) is 0.882. The molecule has 0 saturated carbocycles. The lowest BCUT2D eigenvalue weighted by molar-refractivity contribution is -0.0432. The van der Waals surface area contributed by atoms with Crippen LogP contribution in [0, 0.1) is 0 Å². The maximum absolute atomic E-state index is 12.2. The third-order valence-corrected chi connectivity index (χ3v) is 5.68. The monoisotopic (exact) mass is 374 g/mol. The maximum atomic E-state index is 12.2. The summed E-state index contributed by atoms with van der Waals surface area (Å²) < 4.78 is 10.6. The molecular weight excluding hydrogens is 340 g/mol. The van der Waals surface area contributed by atoms with Gasteiger partial charge in [0.2, 0.25) is 0 Å². The van der Waals surface area contributed by atoms with Crippen LogP contribution < -0.4 is 5.32 Å². The van der Waals surface area contributed by atoms with Gasteiger partial charge in [-0.2, -0.15) is 0 Å². The Kier molecular flexibility index (Phi) is 6.92. The lowest BCUT2D eigenvalue weighted by Crippen LogP contribution is -2.62. The Labute approximate surface area is 152 Å². The molecular formula is C17H34N2O5Si. The van der Waals surface area contributed by atoms with Gasteiger partial charge in [0.15, 0.2) is 0 Å². The van der Waals surface area contributed by atoms with Crippen molar-refractivity contribution in [3.05, 3.63) is 0 Å². The number of rotatable bonds is 4. The zero-order chi connectivity index (χ0) is 19.5. The molecule has 7 nitrogen and oxygen atoms in total. The molecule has 0 aromatic heterocycles. The Balaban J connectivity index is 2.52. The van der Waals surface area contributed by atoms with Gasteiger partial charge in [-0.3, -0.25) is 0 Å². The standard InChI is InChI=1S/C17H34N2O5Si/c1-16(2,3)24-14(20)18-13-8-9-19(12-17(13,4)22)15(21)23-10-11-25(5,6)7/h13,22H,8-12H2,1-7H3,(H,18,20)/t13-,17-/m0/s1. The number of hydrogen-bond donors (Lipinski definition) is 2. The molecule has 2 atom stereocenters. The fourth-order valence-electron chi connectivity index (χ4n) is 2.54. The molecule has 2 amide bonds. The van der Waals surface area contributed by atoms with E-state index in [0.29, 0.717) is 19.6 Å². The van der Waals surface area contributed by atoms with Crippen molar-refractivity contribution in [1.29, 1.82) is 0 Å². The molecule has 0 spiro atoms. The first-order chi connectivity index (χ1) is 11.2. The quantitative estimate of drug-likeness (QED) is 0.739. The number of alkyl carbamates (subject to hydrolysis) is 1. The second-order valence-corrected chi connectivity index (χ2v) is 14.8. The van der Waals surface area contributed by atoms with Gasteiger partial charge in [-0.25, -0.2) is 9.59 Å². The molecule has 1 saturated heterocycles. The summed E-state index contributed by atoms with van der Waals surface area (Å²) in [4.78, 5) is 25.6. The molecule has 0 aromatic carbocycles. The van der Waals surface area contributed by atoms with Gasteiger partial charge < -0.3 is 24.8 Å². The second kappa shape index (κ2) is 7.95. The first-order valence-corrected chi connectivity index (χ1v) is 12.5. The van der Waals surface area contributed by atoms with Gasteiger partial charge in [0.05, 0.1) is 24.8 Å². The van der Waals surface area contributed by atoms with Crippen molar-refractivity contribution in [3.8, 4) is 0 Å². The summed E-state index contributed by atoms with van der Waals surface area (Å²) in [5.41, 5.74) is -1.84. The van der Waals surface area contributed by atoms with Crippen LogP contribution in [0.2, 0.25) is 25.7 Å². The highest BCUT2D eigenvalue weighted by atomic mass is 28.3. The van der Waals surface area contributed by atoms with Gasteiger partial charge in [-0.1, -0.05) is 19.6 Å². The molecule has 1 aliphatic rings. The molecule has 0 bridgehead atoms. The summed E-state index contributed by atoms with van der Waals surface area (Å²) in [7, 11) is -1.26. The van der Waals surface area contributed by atoms with Crippen LogP contribution in [0.15, 0.2) is 0 Å². The smallest absolute Gasteiger partial charge is 0.409 e. The minimum atomic E-state index is -1.26. The van der Waals surface area contributed by atoms with Gasteiger partial charge >= 0.3 is 12.2 Å². The Hall–Kier alpha value is -1.28. The molecule has 25 heavy (non-hydrogen) atoms. The summed E-state index contributed by atoms with van der Waals surface area (Å²) in [6.07, 6.45) is -0.534. The Bertz CT molecular complexity index is 482. The number of β-amino-alcohol motifs (C(OH)–C–C–N with tert-alkyl or cyclic N) is 1. The summed E-state index contributed by atoms with van der Waals surface area (Å²) >= 11 is 0. The normalized spacial score (nSPS) is 24.6. The summed E-state index contributed by atoms with van der Waals surface area (Å²) in [5, 5.41) is 13.3. The van der Waals surface area contributed by atoms with E-state index in [1.54, 1.807) is 27.7 Å². The Morgan fingerprint density at radius 3 is 2.40 bits per heavy atom. The van der Waals surface area contributed by atoms with E-state index in [9.17, 15) is 14.7 Å². The van der Waals surface area contributed by atoms with Crippen molar-refractivity contribution < 1.29 is 24.2 Å². The van der Waals surface area contributed by atoms with Crippen LogP contribution in [0.3, 0.4) is 0 Å². The fourth-order valence-corrected chi connectivity index (χ4v) is 3.26. The van der Waals surface area contributed by atoms with Gasteiger partial charge in [-0.05, 0) is 40.2 Å². The number of aliphatic hydroxyl groups is 1. The van der Waals surface area contributed by atoms with Crippen LogP contribution in [-0.2, 0) is 9.47 Å². The first-order valence-electron chi connectivity index (χ1n) is 8.83. The van der Waals surface area contributed by atoms with Crippen LogP contribution >= 0.6 is 0 Å². The highest BCUT2D eigenvalue weighted by molar-refractivity contribution is 6.76. The van der Waals surface area contributed by atoms with Gasteiger partial charge in [0, 0.05) is 14.6 Å². The van der Waals surface area contributed by atoms with Crippen molar-refractivity contribution in [2.75, 3.05) is 19.7 Å². The minimum absolute atomic E-state index is 0.110. The van der Waals surface area contributed by atoms with Crippen LogP contribution in [0.25, 0.3) is 0 Å². The van der Waals surface area contributed by atoms with Crippen molar-refractivity contribution in [1.82, 2.24) is 10.2 Å². The van der Waals surface area contributed by atoms with Crippen molar-refractivity contribution in [2.45, 2.75) is 77.0 Å².